The molecule has 1 aliphatic carbocycles. The third kappa shape index (κ3) is 16.2. The molecule has 3 aliphatic heterocycles. The summed E-state index contributed by atoms with van der Waals surface area (Å²) in [7, 11) is 1.47. The van der Waals surface area contributed by atoms with Crippen molar-refractivity contribution in [2.75, 3.05) is 64.9 Å². The number of anilines is 1. The Morgan fingerprint density at radius 1 is 0.878 bits per heavy atom. The molecule has 2 unspecified atom stereocenters. The summed E-state index contributed by atoms with van der Waals surface area (Å²) in [6, 6.07) is 9.96. The Labute approximate surface area is 517 Å². The Bertz CT molecular complexity index is 3460. The zero-order valence-corrected chi connectivity index (χ0v) is 50.9. The van der Waals surface area contributed by atoms with Gasteiger partial charge in [-0.25, -0.2) is 39.4 Å². The van der Waals surface area contributed by atoms with Gasteiger partial charge in [0.2, 0.25) is 23.6 Å². The Kier molecular flexibility index (Phi) is 22.1. The van der Waals surface area contributed by atoms with Gasteiger partial charge in [0, 0.05) is 74.8 Å². The number of aliphatic hydroxyl groups is 1. The number of esters is 1. The van der Waals surface area contributed by atoms with E-state index in [1.165, 1.54) is 16.8 Å². The van der Waals surface area contributed by atoms with Crippen LogP contribution in [0.15, 0.2) is 53.3 Å². The Hall–Kier alpha value is -9.22. The first kappa shape index (κ1) is 66.7. The number of hydrogen-bond acceptors (Lipinski definition) is 19. The summed E-state index contributed by atoms with van der Waals surface area (Å²) in [6.45, 7) is 6.51. The van der Waals surface area contributed by atoms with Crippen LogP contribution in [0, 0.1) is 17.8 Å². The number of cyclic esters (lactones) is 1. The summed E-state index contributed by atoms with van der Waals surface area (Å²) < 4.78 is 29.1. The molecule has 29 heteroatoms. The highest BCUT2D eigenvalue weighted by Crippen LogP contribution is 2.43. The maximum Gasteiger partial charge on any atom is 0.415 e. The van der Waals surface area contributed by atoms with Crippen molar-refractivity contribution in [2.24, 2.45) is 23.5 Å². The van der Waals surface area contributed by atoms with Gasteiger partial charge < -0.3 is 75.3 Å². The number of aryl methyl sites for hydroxylation is 1. The van der Waals surface area contributed by atoms with Crippen LogP contribution in [0.4, 0.5) is 24.9 Å². The highest BCUT2D eigenvalue weighted by Gasteiger charge is 2.49. The number of carbonyl (C=O) groups is 10. The molecule has 0 radical (unpaired) electrons. The molecule has 4 atom stereocenters. The van der Waals surface area contributed by atoms with E-state index in [2.05, 4.69) is 26.7 Å². The summed E-state index contributed by atoms with van der Waals surface area (Å²) in [4.78, 5) is 149. The van der Waals surface area contributed by atoms with E-state index in [0.29, 0.717) is 40.0 Å². The minimum absolute atomic E-state index is 0.00976. The first-order valence-electron chi connectivity index (χ1n) is 30.1. The molecule has 2 fully saturated rings. The van der Waals surface area contributed by atoms with E-state index in [9.17, 15) is 57.8 Å². The zero-order valence-electron chi connectivity index (χ0n) is 50.9. The fourth-order valence-electron chi connectivity index (χ4n) is 10.9. The van der Waals surface area contributed by atoms with Crippen LogP contribution in [-0.2, 0) is 79.5 Å². The number of carbonyl (C=O) groups excluding carboxylic acids is 9. The number of rotatable bonds is 30. The third-order valence-corrected chi connectivity index (χ3v) is 16.2. The second kappa shape index (κ2) is 29.9. The Morgan fingerprint density at radius 3 is 2.31 bits per heavy atom. The van der Waals surface area contributed by atoms with Crippen LogP contribution >= 0.6 is 0 Å². The number of hydrazine groups is 1. The molecule has 9 amide bonds. The Morgan fingerprint density at radius 2 is 1.62 bits per heavy atom. The first-order chi connectivity index (χ1) is 43.0. The van der Waals surface area contributed by atoms with Gasteiger partial charge in [-0.05, 0) is 104 Å². The molecule has 2 aromatic carbocycles. The summed E-state index contributed by atoms with van der Waals surface area (Å²) >= 11 is 0. The molecule has 9 N–H and O–H groups in total. The molecule has 2 aromatic heterocycles. The maximum absolute atomic E-state index is 14.1. The molecule has 0 bridgehead atoms. The van der Waals surface area contributed by atoms with Gasteiger partial charge in [0.05, 0.1) is 48.1 Å². The van der Waals surface area contributed by atoms with Crippen molar-refractivity contribution < 1.29 is 81.8 Å². The monoisotopic (exact) mass is 1250 g/mol. The van der Waals surface area contributed by atoms with Crippen molar-refractivity contribution >= 4 is 76.5 Å². The first-order valence-corrected chi connectivity index (χ1v) is 30.1. The van der Waals surface area contributed by atoms with Crippen LogP contribution < -0.4 is 42.7 Å². The van der Waals surface area contributed by atoms with E-state index in [0.717, 1.165) is 29.0 Å². The predicted octanol–water partition coefficient (Wildman–Crippen LogP) is 3.51. The number of hydrogen-bond donors (Lipinski definition) is 8. The lowest BCUT2D eigenvalue weighted by Crippen LogP contribution is -2.58. The molecule has 1 saturated heterocycles. The van der Waals surface area contributed by atoms with Crippen LogP contribution in [0.2, 0.25) is 0 Å². The van der Waals surface area contributed by atoms with E-state index < -0.39 is 89.1 Å². The lowest BCUT2D eigenvalue weighted by Gasteiger charge is -2.31. The SMILES string of the molecule is CCc1c2c(nc3ccc(OC(=O)N(CCOCCOC(=O)NCCCC(=O)O)CCN(C)C(=O)OCc4ccc(NC(=O)[C@H](CCCNC(N)=O)NC(=O)[C@@H](NN5C(=O)CC(C6CC6)C5=O)C(C)C)cc4)cc13)-c1cc3c(c(=O)n1C2)COC(=O)C3(O)CC. The minimum atomic E-state index is -2.00. The van der Waals surface area contributed by atoms with Gasteiger partial charge in [-0.3, -0.25) is 28.8 Å². The normalized spacial score (nSPS) is 17.1. The third-order valence-electron chi connectivity index (χ3n) is 16.2. The number of nitrogens with one attached hydrogen (secondary N) is 5. The lowest BCUT2D eigenvalue weighted by molar-refractivity contribution is -0.172. The van der Waals surface area contributed by atoms with Gasteiger partial charge in [-0.15, -0.1) is 0 Å². The lowest BCUT2D eigenvalue weighted by atomic mass is 9.86. The molecule has 29 nitrogen and oxygen atoms in total. The van der Waals surface area contributed by atoms with E-state index in [4.69, 9.17) is 39.5 Å². The number of likely N-dealkylation sites (N-methyl/N-ethyl adjacent to an activating group) is 1. The standard InChI is InChI=1S/C61H77N11O18/c1-6-39-41-28-38(18-19-45(41)66-51-42(39)31-71-47(51)30-44-43(54(71)78)33-88-56(80)61(44,85)7-2)90-60(84)70(24-25-86-26-27-87-58(82)64-21-9-11-49(74)75)23-22-69(5)59(83)89-32-35-12-16-37(17-13-35)65-52(76)46(10-8-20-63-57(62)81)67-53(77)50(34(3)4)68-72-48(73)29-40(55(72)79)36-14-15-36/h12-13,16-19,28,30,34,36,40,46,50,68,85H,6-11,14-15,20-27,29,31-33H2,1-5H3,(H,64,82)(H,65,76)(H,67,77)(H,74,75)(H3,62,63,81)/t40?,46-,50-,61?/m0/s1. The number of aromatic nitrogens is 2. The van der Waals surface area contributed by atoms with Crippen LogP contribution in [0.5, 0.6) is 5.75 Å². The number of primary amides is 1. The van der Waals surface area contributed by atoms with E-state index >= 15 is 0 Å². The number of carboxylic acids is 1. The van der Waals surface area contributed by atoms with Gasteiger partial charge in [-0.1, -0.05) is 39.8 Å². The molecule has 8 rings (SSSR count). The highest BCUT2D eigenvalue weighted by molar-refractivity contribution is 6.04. The quantitative estimate of drug-likeness (QED) is 0.0141. The molecular formula is C61H77N11O18. The summed E-state index contributed by atoms with van der Waals surface area (Å²) in [5.41, 5.74) is 9.96. The van der Waals surface area contributed by atoms with Crippen molar-refractivity contribution in [2.45, 2.75) is 123 Å². The number of alkyl carbamates (subject to hydrolysis) is 1. The van der Waals surface area contributed by atoms with Crippen LogP contribution in [-0.4, -0.2) is 166 Å². The predicted molar refractivity (Wildman–Crippen MR) is 320 cm³/mol. The van der Waals surface area contributed by atoms with Crippen LogP contribution in [0.1, 0.15) is 107 Å². The van der Waals surface area contributed by atoms with Gasteiger partial charge in [0.15, 0.2) is 5.60 Å². The van der Waals surface area contributed by atoms with Crippen LogP contribution in [0.25, 0.3) is 22.3 Å². The molecule has 4 aromatic rings. The number of carboxylic acid groups (broad SMARTS) is 1. The largest absolute Gasteiger partial charge is 0.481 e. The number of nitrogens with two attached hydrogens (primary N) is 1. The average molecular weight is 1250 g/mol. The summed E-state index contributed by atoms with van der Waals surface area (Å²) in [5.74, 6) is -4.40. The molecule has 0 spiro atoms. The highest BCUT2D eigenvalue weighted by atomic mass is 16.6. The number of pyridine rings is 2. The van der Waals surface area contributed by atoms with E-state index in [-0.39, 0.29) is 140 Å². The molecule has 90 heavy (non-hydrogen) atoms. The smallest absolute Gasteiger partial charge is 0.415 e. The average Bonchev–Trinajstić information content (AvgIpc) is 1.57. The Balaban J connectivity index is 0.884. The molecule has 484 valence electrons. The molecule has 1 saturated carbocycles. The van der Waals surface area contributed by atoms with Crippen LogP contribution in [0.3, 0.4) is 0 Å². The molecule has 4 aliphatic rings. The molecule has 5 heterocycles. The summed E-state index contributed by atoms with van der Waals surface area (Å²) in [6.07, 6.45) is 0.374. The number of aliphatic carboxylic acids is 1. The van der Waals surface area contributed by atoms with E-state index in [1.54, 1.807) is 73.9 Å². The van der Waals surface area contributed by atoms with Crippen molar-refractivity contribution in [3.8, 4) is 17.1 Å². The fourth-order valence-corrected chi connectivity index (χ4v) is 10.9. The number of urea groups is 1. The number of imide groups is 1. The fraction of sp³-hybridized carbons (Fsp3) is 0.508. The minimum Gasteiger partial charge on any atom is -0.481 e. The number of amides is 9. The van der Waals surface area contributed by atoms with E-state index in [1.807, 2.05) is 6.92 Å². The second-order valence-electron chi connectivity index (χ2n) is 22.8. The zero-order chi connectivity index (χ0) is 65.0. The van der Waals surface area contributed by atoms with Crippen molar-refractivity contribution in [1.82, 2.24) is 45.7 Å². The van der Waals surface area contributed by atoms with Crippen molar-refractivity contribution in [1.29, 1.82) is 0 Å². The van der Waals surface area contributed by atoms with Crippen molar-refractivity contribution in [3.63, 3.8) is 0 Å². The van der Waals surface area contributed by atoms with Gasteiger partial charge in [0.25, 0.3) is 5.56 Å². The number of benzene rings is 2. The second-order valence-corrected chi connectivity index (χ2v) is 22.8. The number of ether oxygens (including phenoxy) is 5. The topological polar surface area (TPSA) is 388 Å². The number of fused-ring (bicyclic) bond motifs is 5. The van der Waals surface area contributed by atoms with Gasteiger partial charge in [0.1, 0.15) is 37.7 Å². The number of nitrogens with zero attached hydrogens (tertiary/aromatic N) is 5. The molecular weight excluding hydrogens is 1170 g/mol. The van der Waals surface area contributed by atoms with Gasteiger partial charge in [-0.2, -0.15) is 0 Å². The van der Waals surface area contributed by atoms with Gasteiger partial charge >= 0.3 is 36.2 Å². The summed E-state index contributed by atoms with van der Waals surface area (Å²) in [5, 5.41) is 32.2. The van der Waals surface area contributed by atoms with Crippen molar-refractivity contribution in [3.05, 3.63) is 86.7 Å². The maximum atomic E-state index is 14.1.